The molecule has 0 saturated carbocycles. The minimum Gasteiger partial charge on any atom is -0.309 e. The zero-order chi connectivity index (χ0) is 31.7. The molecule has 0 amide bonds. The van der Waals surface area contributed by atoms with E-state index >= 15 is 0 Å². The van der Waals surface area contributed by atoms with Crippen LogP contribution in [0.4, 0.5) is 0 Å². The Bertz CT molecular complexity index is 2970. The Hall–Kier alpha value is -5.64. The second kappa shape index (κ2) is 9.25. The predicted octanol–water partition coefficient (Wildman–Crippen LogP) is 12.6. The topological polar surface area (TPSA) is 9.86 Å². The Morgan fingerprint density at radius 1 is 0.479 bits per heavy atom. The van der Waals surface area contributed by atoms with Gasteiger partial charge in [-0.15, -0.1) is 11.3 Å². The highest BCUT2D eigenvalue weighted by molar-refractivity contribution is 7.25. The fourth-order valence-electron chi connectivity index (χ4n) is 8.91. The van der Waals surface area contributed by atoms with Gasteiger partial charge in [-0.3, -0.25) is 0 Å². The molecule has 0 saturated heterocycles. The molecule has 3 heteroatoms. The van der Waals surface area contributed by atoms with Crippen LogP contribution < -0.4 is 0 Å². The maximum atomic E-state index is 2.56. The van der Waals surface area contributed by atoms with Gasteiger partial charge in [0.05, 0.1) is 22.1 Å². The van der Waals surface area contributed by atoms with Crippen molar-refractivity contribution in [2.75, 3.05) is 0 Å². The zero-order valence-corrected chi connectivity index (χ0v) is 27.5. The number of hydrogen-bond acceptors (Lipinski definition) is 1. The summed E-state index contributed by atoms with van der Waals surface area (Å²) in [7, 11) is 0. The number of para-hydroxylation sites is 3. The van der Waals surface area contributed by atoms with Gasteiger partial charge >= 0.3 is 0 Å². The number of nitrogens with zero attached hydrogens (tertiary/aromatic N) is 2. The van der Waals surface area contributed by atoms with Crippen molar-refractivity contribution in [3.63, 3.8) is 0 Å². The molecule has 3 aromatic heterocycles. The van der Waals surface area contributed by atoms with E-state index in [1.807, 2.05) is 11.3 Å². The first-order chi connectivity index (χ1) is 23.6. The monoisotopic (exact) mass is 630 g/mol. The van der Waals surface area contributed by atoms with Crippen LogP contribution in [0.3, 0.4) is 0 Å². The normalized spacial score (nSPS) is 13.8. The molecule has 0 atom stereocenters. The molecule has 2 nitrogen and oxygen atoms in total. The van der Waals surface area contributed by atoms with Crippen molar-refractivity contribution < 1.29 is 0 Å². The van der Waals surface area contributed by atoms with Gasteiger partial charge in [-0.2, -0.15) is 0 Å². The average Bonchev–Trinajstić information content (AvgIpc) is 3.84. The SMILES string of the molecule is CC1(C)c2ccccc2-c2c1c1c(c3ccccc3n1-c1ccccc1)c1c2c2ccccc2n1-c1ccc2sc3ccccc3c2c1. The molecule has 226 valence electrons. The first-order valence-corrected chi connectivity index (χ1v) is 17.5. The van der Waals surface area contributed by atoms with Crippen LogP contribution in [0.25, 0.3) is 86.3 Å². The van der Waals surface area contributed by atoms with E-state index in [1.54, 1.807) is 0 Å². The van der Waals surface area contributed by atoms with Crippen LogP contribution in [-0.2, 0) is 5.41 Å². The predicted molar refractivity (Wildman–Crippen MR) is 206 cm³/mol. The second-order valence-corrected chi connectivity index (χ2v) is 14.8. The first kappa shape index (κ1) is 26.4. The van der Waals surface area contributed by atoms with E-state index in [1.165, 1.54) is 97.4 Å². The lowest BCUT2D eigenvalue weighted by atomic mass is 9.81. The molecule has 0 bridgehead atoms. The average molecular weight is 631 g/mol. The maximum Gasteiger partial charge on any atom is 0.0647 e. The fraction of sp³-hybridized carbons (Fsp3) is 0.0667. The summed E-state index contributed by atoms with van der Waals surface area (Å²) in [6.07, 6.45) is 0. The maximum absolute atomic E-state index is 2.56. The van der Waals surface area contributed by atoms with Crippen molar-refractivity contribution in [3.05, 3.63) is 157 Å². The molecule has 0 radical (unpaired) electrons. The zero-order valence-electron chi connectivity index (χ0n) is 26.7. The van der Waals surface area contributed by atoms with Crippen molar-refractivity contribution in [2.24, 2.45) is 0 Å². The Morgan fingerprint density at radius 3 is 1.88 bits per heavy atom. The summed E-state index contributed by atoms with van der Waals surface area (Å²) in [5.74, 6) is 0. The summed E-state index contributed by atoms with van der Waals surface area (Å²) in [4.78, 5) is 0. The van der Waals surface area contributed by atoms with Crippen LogP contribution in [-0.4, -0.2) is 9.13 Å². The standard InChI is InChI=1S/C45H30N2S/c1-45(2)34-20-10-6-17-30(34)39-40-31-18-7-11-21-35(31)47(28-24-25-38-33(26-28)29-16-9-13-23-37(29)48-38)43(40)41-32-19-8-12-22-36(32)46(44(41)42(39)45)27-14-4-3-5-15-27/h3-26H,1-2H3. The molecule has 3 heterocycles. The van der Waals surface area contributed by atoms with Gasteiger partial charge in [0.2, 0.25) is 0 Å². The minimum atomic E-state index is -0.197. The first-order valence-electron chi connectivity index (χ1n) is 16.7. The number of fused-ring (bicyclic) bond motifs is 15. The highest BCUT2D eigenvalue weighted by Gasteiger charge is 2.41. The molecule has 0 aliphatic heterocycles. The lowest BCUT2D eigenvalue weighted by molar-refractivity contribution is 0.664. The van der Waals surface area contributed by atoms with E-state index in [0.29, 0.717) is 0 Å². The van der Waals surface area contributed by atoms with Crippen molar-refractivity contribution in [1.29, 1.82) is 0 Å². The van der Waals surface area contributed by atoms with E-state index in [4.69, 9.17) is 0 Å². The van der Waals surface area contributed by atoms with Gasteiger partial charge in [0.25, 0.3) is 0 Å². The molecule has 0 N–H and O–H groups in total. The Labute approximate surface area is 281 Å². The van der Waals surface area contributed by atoms with Crippen LogP contribution in [0.15, 0.2) is 146 Å². The van der Waals surface area contributed by atoms with Crippen molar-refractivity contribution in [3.8, 4) is 22.5 Å². The fourth-order valence-corrected chi connectivity index (χ4v) is 10.0. The Kier molecular flexibility index (Phi) is 5.09. The number of thiophene rings is 1. The molecule has 1 aliphatic rings. The molecule has 0 fully saturated rings. The van der Waals surface area contributed by atoms with Crippen LogP contribution >= 0.6 is 11.3 Å². The third-order valence-electron chi connectivity index (χ3n) is 10.9. The van der Waals surface area contributed by atoms with Gasteiger partial charge in [0.1, 0.15) is 0 Å². The number of rotatable bonds is 2. The summed E-state index contributed by atoms with van der Waals surface area (Å²) >= 11 is 1.88. The van der Waals surface area contributed by atoms with E-state index < -0.39 is 0 Å². The van der Waals surface area contributed by atoms with E-state index in [9.17, 15) is 0 Å². The van der Waals surface area contributed by atoms with E-state index in [-0.39, 0.29) is 5.41 Å². The van der Waals surface area contributed by atoms with E-state index in [2.05, 4.69) is 169 Å². The highest BCUT2D eigenvalue weighted by atomic mass is 32.1. The van der Waals surface area contributed by atoms with Gasteiger partial charge in [-0.25, -0.2) is 0 Å². The molecule has 0 unspecified atom stereocenters. The third kappa shape index (κ3) is 3.22. The van der Waals surface area contributed by atoms with Gasteiger partial charge < -0.3 is 9.13 Å². The Morgan fingerprint density at radius 2 is 1.08 bits per heavy atom. The quantitative estimate of drug-likeness (QED) is 0.180. The largest absolute Gasteiger partial charge is 0.309 e. The number of benzene rings is 7. The van der Waals surface area contributed by atoms with Crippen LogP contribution in [0, 0.1) is 0 Å². The molecular weight excluding hydrogens is 601 g/mol. The van der Waals surface area contributed by atoms with Crippen LogP contribution in [0.2, 0.25) is 0 Å². The number of hydrogen-bond donors (Lipinski definition) is 0. The summed E-state index contributed by atoms with van der Waals surface area (Å²) < 4.78 is 7.75. The molecule has 48 heavy (non-hydrogen) atoms. The van der Waals surface area contributed by atoms with Crippen molar-refractivity contribution >= 4 is 75.1 Å². The summed E-state index contributed by atoms with van der Waals surface area (Å²) in [5.41, 5.74) is 12.8. The summed E-state index contributed by atoms with van der Waals surface area (Å²) in [6.45, 7) is 4.84. The molecule has 0 spiro atoms. The highest BCUT2D eigenvalue weighted by Crippen LogP contribution is 2.58. The van der Waals surface area contributed by atoms with Gasteiger partial charge in [0.15, 0.2) is 0 Å². The molecule has 7 aromatic carbocycles. The summed E-state index contributed by atoms with van der Waals surface area (Å²) in [6, 6.07) is 54.0. The summed E-state index contributed by atoms with van der Waals surface area (Å²) in [5, 5.41) is 7.87. The van der Waals surface area contributed by atoms with Crippen molar-refractivity contribution in [2.45, 2.75) is 19.3 Å². The molecule has 11 rings (SSSR count). The third-order valence-corrected chi connectivity index (χ3v) is 12.0. The van der Waals surface area contributed by atoms with Crippen LogP contribution in [0.5, 0.6) is 0 Å². The van der Waals surface area contributed by atoms with E-state index in [0.717, 1.165) is 0 Å². The molecule has 1 aliphatic carbocycles. The minimum absolute atomic E-state index is 0.197. The van der Waals surface area contributed by atoms with Gasteiger partial charge in [-0.1, -0.05) is 111 Å². The lowest BCUT2D eigenvalue weighted by Crippen LogP contribution is -2.16. The smallest absolute Gasteiger partial charge is 0.0647 e. The molecule has 10 aromatic rings. The second-order valence-electron chi connectivity index (χ2n) is 13.7. The Balaban J connectivity index is 1.44. The number of aromatic nitrogens is 2. The lowest BCUT2D eigenvalue weighted by Gasteiger charge is -2.24. The van der Waals surface area contributed by atoms with Crippen LogP contribution in [0.1, 0.15) is 25.0 Å². The van der Waals surface area contributed by atoms with Gasteiger partial charge in [-0.05, 0) is 70.8 Å². The van der Waals surface area contributed by atoms with Crippen molar-refractivity contribution in [1.82, 2.24) is 9.13 Å². The van der Waals surface area contributed by atoms with Gasteiger partial charge in [0, 0.05) is 58.5 Å². The molecular formula is C45H30N2S.